The van der Waals surface area contributed by atoms with E-state index in [4.69, 9.17) is 0 Å². The van der Waals surface area contributed by atoms with Gasteiger partial charge in [0.25, 0.3) is 0 Å². The van der Waals surface area contributed by atoms with Gasteiger partial charge in [0.15, 0.2) is 0 Å². The molecule has 0 fully saturated rings. The molecule has 0 spiro atoms. The standard InChI is InChI=1S/C17H15FN2/c1-11-3-5-14-13(9-11)7-8-19-17(14)20-16-6-4-12(2)10-15(16)18/h3-10H,1-2H3,(H,19,20). The number of rotatable bonds is 2. The molecule has 100 valence electrons. The molecule has 3 rings (SSSR count). The van der Waals surface area contributed by atoms with Gasteiger partial charge in [0.2, 0.25) is 0 Å². The Labute approximate surface area is 117 Å². The molecule has 1 N–H and O–H groups in total. The summed E-state index contributed by atoms with van der Waals surface area (Å²) in [7, 11) is 0. The fraction of sp³-hybridized carbons (Fsp3) is 0.118. The van der Waals surface area contributed by atoms with Crippen LogP contribution in [0.3, 0.4) is 0 Å². The summed E-state index contributed by atoms with van der Waals surface area (Å²) in [5.74, 6) is 0.404. The first-order valence-corrected chi connectivity index (χ1v) is 6.52. The summed E-state index contributed by atoms with van der Waals surface area (Å²) >= 11 is 0. The highest BCUT2D eigenvalue weighted by atomic mass is 19.1. The van der Waals surface area contributed by atoms with Crippen LogP contribution in [-0.4, -0.2) is 4.98 Å². The lowest BCUT2D eigenvalue weighted by Gasteiger charge is -2.10. The Morgan fingerprint density at radius 3 is 2.50 bits per heavy atom. The molecule has 0 amide bonds. The number of aryl methyl sites for hydroxylation is 2. The molecular formula is C17H15FN2. The van der Waals surface area contributed by atoms with Gasteiger partial charge in [-0.05, 0) is 43.0 Å². The first-order valence-electron chi connectivity index (χ1n) is 6.52. The average molecular weight is 266 g/mol. The van der Waals surface area contributed by atoms with E-state index < -0.39 is 0 Å². The van der Waals surface area contributed by atoms with Crippen molar-refractivity contribution in [3.05, 3.63) is 65.6 Å². The van der Waals surface area contributed by atoms with Crippen molar-refractivity contribution in [3.8, 4) is 0 Å². The molecule has 3 heteroatoms. The fourth-order valence-corrected chi connectivity index (χ4v) is 2.25. The van der Waals surface area contributed by atoms with Gasteiger partial charge in [0, 0.05) is 11.6 Å². The Hall–Kier alpha value is -2.42. The van der Waals surface area contributed by atoms with Crippen molar-refractivity contribution < 1.29 is 4.39 Å². The molecule has 20 heavy (non-hydrogen) atoms. The lowest BCUT2D eigenvalue weighted by molar-refractivity contribution is 0.630. The Balaban J connectivity index is 2.06. The highest BCUT2D eigenvalue weighted by Gasteiger charge is 2.06. The average Bonchev–Trinajstić information content (AvgIpc) is 2.41. The topological polar surface area (TPSA) is 24.9 Å². The first-order chi connectivity index (χ1) is 9.63. The molecule has 2 aromatic carbocycles. The highest BCUT2D eigenvalue weighted by Crippen LogP contribution is 2.26. The minimum atomic E-state index is -0.268. The normalized spacial score (nSPS) is 10.8. The van der Waals surface area contributed by atoms with Crippen molar-refractivity contribution in [1.29, 1.82) is 0 Å². The summed E-state index contributed by atoms with van der Waals surface area (Å²) in [4.78, 5) is 4.32. The van der Waals surface area contributed by atoms with E-state index in [1.165, 1.54) is 11.6 Å². The summed E-state index contributed by atoms with van der Waals surface area (Å²) in [5.41, 5.74) is 2.53. The molecular weight excluding hydrogens is 251 g/mol. The van der Waals surface area contributed by atoms with Crippen molar-refractivity contribution in [2.45, 2.75) is 13.8 Å². The van der Waals surface area contributed by atoms with Crippen LogP contribution in [0.1, 0.15) is 11.1 Å². The maximum atomic E-state index is 13.9. The Kier molecular flexibility index (Phi) is 3.11. The molecule has 0 aliphatic heterocycles. The van der Waals surface area contributed by atoms with E-state index in [0.29, 0.717) is 11.5 Å². The number of nitrogens with zero attached hydrogens (tertiary/aromatic N) is 1. The van der Waals surface area contributed by atoms with Crippen LogP contribution in [-0.2, 0) is 0 Å². The number of pyridine rings is 1. The second-order valence-electron chi connectivity index (χ2n) is 4.99. The van der Waals surface area contributed by atoms with Gasteiger partial charge in [-0.2, -0.15) is 0 Å². The number of hydrogen-bond donors (Lipinski definition) is 1. The van der Waals surface area contributed by atoms with Gasteiger partial charge in [-0.15, -0.1) is 0 Å². The first kappa shape index (κ1) is 12.6. The molecule has 0 aliphatic rings. The van der Waals surface area contributed by atoms with Crippen molar-refractivity contribution in [3.63, 3.8) is 0 Å². The molecule has 1 heterocycles. The third-order valence-electron chi connectivity index (χ3n) is 3.30. The lowest BCUT2D eigenvalue weighted by atomic mass is 10.1. The SMILES string of the molecule is Cc1ccc(Nc2nccc3cc(C)ccc23)c(F)c1. The summed E-state index contributed by atoms with van der Waals surface area (Å²) in [6.07, 6.45) is 1.73. The molecule has 1 aromatic heterocycles. The summed E-state index contributed by atoms with van der Waals surface area (Å²) in [6, 6.07) is 13.2. The molecule has 2 nitrogen and oxygen atoms in total. The van der Waals surface area contributed by atoms with Gasteiger partial charge in [-0.1, -0.05) is 29.8 Å². The maximum Gasteiger partial charge on any atom is 0.146 e. The van der Waals surface area contributed by atoms with Gasteiger partial charge in [-0.3, -0.25) is 0 Å². The molecule has 0 aliphatic carbocycles. The predicted octanol–water partition coefficient (Wildman–Crippen LogP) is 4.73. The van der Waals surface area contributed by atoms with E-state index in [2.05, 4.69) is 16.4 Å². The number of fused-ring (bicyclic) bond motifs is 1. The molecule has 0 saturated heterocycles. The largest absolute Gasteiger partial charge is 0.337 e. The minimum absolute atomic E-state index is 0.268. The van der Waals surface area contributed by atoms with E-state index in [1.54, 1.807) is 12.3 Å². The zero-order valence-electron chi connectivity index (χ0n) is 11.4. The number of aromatic nitrogens is 1. The molecule has 0 atom stereocenters. The lowest BCUT2D eigenvalue weighted by Crippen LogP contribution is -1.97. The zero-order chi connectivity index (χ0) is 14.1. The summed E-state index contributed by atoms with van der Waals surface area (Å²) in [5, 5.41) is 5.15. The van der Waals surface area contributed by atoms with Crippen molar-refractivity contribution >= 4 is 22.3 Å². The quantitative estimate of drug-likeness (QED) is 0.725. The summed E-state index contributed by atoms with van der Waals surface area (Å²) in [6.45, 7) is 3.92. The Bertz CT molecular complexity index is 781. The zero-order valence-corrected chi connectivity index (χ0v) is 11.4. The van der Waals surface area contributed by atoms with Crippen LogP contribution in [0.2, 0.25) is 0 Å². The molecule has 0 unspecified atom stereocenters. The van der Waals surface area contributed by atoms with Crippen LogP contribution in [0.4, 0.5) is 15.9 Å². The van der Waals surface area contributed by atoms with Gasteiger partial charge >= 0.3 is 0 Å². The van der Waals surface area contributed by atoms with E-state index >= 15 is 0 Å². The molecule has 0 bridgehead atoms. The number of hydrogen-bond acceptors (Lipinski definition) is 2. The van der Waals surface area contributed by atoms with Gasteiger partial charge < -0.3 is 5.32 Å². The van der Waals surface area contributed by atoms with Gasteiger partial charge in [0.05, 0.1) is 5.69 Å². The van der Waals surface area contributed by atoms with E-state index in [-0.39, 0.29) is 5.82 Å². The second-order valence-corrected chi connectivity index (χ2v) is 4.99. The summed E-state index contributed by atoms with van der Waals surface area (Å²) < 4.78 is 13.9. The van der Waals surface area contributed by atoms with Crippen molar-refractivity contribution in [1.82, 2.24) is 4.98 Å². The van der Waals surface area contributed by atoms with Crippen molar-refractivity contribution in [2.24, 2.45) is 0 Å². The third kappa shape index (κ3) is 2.35. The van der Waals surface area contributed by atoms with Crippen LogP contribution in [0.25, 0.3) is 10.8 Å². The van der Waals surface area contributed by atoms with Crippen LogP contribution in [0.15, 0.2) is 48.7 Å². The van der Waals surface area contributed by atoms with Crippen molar-refractivity contribution in [2.75, 3.05) is 5.32 Å². The van der Waals surface area contributed by atoms with Crippen LogP contribution in [0, 0.1) is 19.7 Å². The molecule has 3 aromatic rings. The van der Waals surface area contributed by atoms with Crippen LogP contribution >= 0.6 is 0 Å². The van der Waals surface area contributed by atoms with Gasteiger partial charge in [0.1, 0.15) is 11.6 Å². The number of nitrogens with one attached hydrogen (secondary N) is 1. The smallest absolute Gasteiger partial charge is 0.146 e. The number of halogens is 1. The molecule has 0 saturated carbocycles. The number of anilines is 2. The fourth-order valence-electron chi connectivity index (χ4n) is 2.25. The maximum absolute atomic E-state index is 13.9. The third-order valence-corrected chi connectivity index (χ3v) is 3.30. The monoisotopic (exact) mass is 266 g/mol. The minimum Gasteiger partial charge on any atom is -0.337 e. The van der Waals surface area contributed by atoms with Crippen LogP contribution < -0.4 is 5.32 Å². The van der Waals surface area contributed by atoms with E-state index in [0.717, 1.165) is 16.3 Å². The van der Waals surface area contributed by atoms with Crippen LogP contribution in [0.5, 0.6) is 0 Å². The second kappa shape index (κ2) is 4.93. The number of benzene rings is 2. The Morgan fingerprint density at radius 2 is 1.70 bits per heavy atom. The van der Waals surface area contributed by atoms with E-state index in [9.17, 15) is 4.39 Å². The predicted molar refractivity (Wildman–Crippen MR) is 80.9 cm³/mol. The van der Waals surface area contributed by atoms with E-state index in [1.807, 2.05) is 38.1 Å². The Morgan fingerprint density at radius 1 is 0.950 bits per heavy atom. The van der Waals surface area contributed by atoms with Gasteiger partial charge in [-0.25, -0.2) is 9.37 Å². The highest BCUT2D eigenvalue weighted by molar-refractivity contribution is 5.93. The molecule has 0 radical (unpaired) electrons.